The van der Waals surface area contributed by atoms with Crippen molar-refractivity contribution in [3.63, 3.8) is 0 Å². The molecule has 2 aliphatic rings. The van der Waals surface area contributed by atoms with E-state index >= 15 is 0 Å². The van der Waals surface area contributed by atoms with Crippen molar-refractivity contribution >= 4 is 23.3 Å². The first-order valence-electron chi connectivity index (χ1n) is 8.58. The van der Waals surface area contributed by atoms with Crippen molar-refractivity contribution in [3.05, 3.63) is 81.8 Å². The Balaban J connectivity index is 1.70. The van der Waals surface area contributed by atoms with E-state index in [1.165, 1.54) is 12.1 Å². The number of hydrogen-bond acceptors (Lipinski definition) is 2. The maximum Gasteiger partial charge on any atom is 0.225 e. The zero-order chi connectivity index (χ0) is 18.3. The molecule has 3 nitrogen and oxygen atoms in total. The Bertz CT molecular complexity index is 903. The molecule has 1 heterocycles. The molecule has 132 valence electrons. The molecule has 2 aromatic carbocycles. The third-order valence-electron chi connectivity index (χ3n) is 5.15. The molecule has 26 heavy (non-hydrogen) atoms. The summed E-state index contributed by atoms with van der Waals surface area (Å²) in [4.78, 5) is 25.2. The number of amides is 1. The monoisotopic (exact) mass is 369 g/mol. The number of halogens is 2. The molecule has 0 unspecified atom stereocenters. The van der Waals surface area contributed by atoms with Crippen LogP contribution in [0, 0.1) is 5.82 Å². The summed E-state index contributed by atoms with van der Waals surface area (Å²) in [6.07, 6.45) is 1.19. The molecule has 0 aromatic heterocycles. The lowest BCUT2D eigenvalue weighted by molar-refractivity contribution is -0.122. The topological polar surface area (TPSA) is 46.2 Å². The van der Waals surface area contributed by atoms with Crippen LogP contribution >= 0.6 is 11.6 Å². The van der Waals surface area contributed by atoms with Crippen LogP contribution in [0.3, 0.4) is 0 Å². The number of benzene rings is 2. The van der Waals surface area contributed by atoms with Gasteiger partial charge in [0.1, 0.15) is 5.82 Å². The number of Topliss-reactive ketones (excluding diaryl/α,β-unsaturated/α-hetero) is 1. The highest BCUT2D eigenvalue weighted by Crippen LogP contribution is 2.42. The third-order valence-corrected chi connectivity index (χ3v) is 5.40. The van der Waals surface area contributed by atoms with E-state index in [1.54, 1.807) is 24.3 Å². The van der Waals surface area contributed by atoms with Crippen LogP contribution in [-0.4, -0.2) is 11.7 Å². The summed E-state index contributed by atoms with van der Waals surface area (Å²) in [7, 11) is 0. The standard InChI is InChI=1S/C21H17ClFNO2/c22-15-5-1-13(2-6-15)17-11-20(26)24-18-9-14(10-19(25)21(17)18)12-3-7-16(23)8-4-12/h1-8,14,17H,9-11H2,(H,24,26)/t14-,17-/m0/s1. The molecule has 0 bridgehead atoms. The van der Waals surface area contributed by atoms with Crippen LogP contribution in [0.15, 0.2) is 59.8 Å². The molecule has 0 radical (unpaired) electrons. The van der Waals surface area contributed by atoms with Crippen molar-refractivity contribution in [3.8, 4) is 0 Å². The molecule has 0 fully saturated rings. The zero-order valence-electron chi connectivity index (χ0n) is 14.0. The van der Waals surface area contributed by atoms with Gasteiger partial charge in [-0.05, 0) is 47.7 Å². The molecule has 2 aromatic rings. The predicted molar refractivity (Wildman–Crippen MR) is 97.4 cm³/mol. The Morgan fingerprint density at radius 2 is 1.54 bits per heavy atom. The lowest BCUT2D eigenvalue weighted by Crippen LogP contribution is -2.38. The normalized spacial score (nSPS) is 22.8. The summed E-state index contributed by atoms with van der Waals surface area (Å²) in [5.41, 5.74) is 3.23. The Hall–Kier alpha value is -2.46. The molecule has 1 N–H and O–H groups in total. The number of allylic oxidation sites excluding steroid dienone is 2. The smallest absolute Gasteiger partial charge is 0.225 e. The van der Waals surface area contributed by atoms with Gasteiger partial charge in [0.2, 0.25) is 5.91 Å². The molecule has 5 heteroatoms. The van der Waals surface area contributed by atoms with Crippen molar-refractivity contribution in [2.75, 3.05) is 0 Å². The summed E-state index contributed by atoms with van der Waals surface area (Å²) >= 11 is 5.96. The number of nitrogens with one attached hydrogen (secondary N) is 1. The molecule has 0 saturated heterocycles. The van der Waals surface area contributed by atoms with Gasteiger partial charge >= 0.3 is 0 Å². The number of carbonyl (C=O) groups excluding carboxylic acids is 2. The van der Waals surface area contributed by atoms with Gasteiger partial charge in [-0.25, -0.2) is 4.39 Å². The van der Waals surface area contributed by atoms with E-state index < -0.39 is 0 Å². The Kier molecular flexibility index (Phi) is 4.37. The SMILES string of the molecule is O=C1C[C@@H](c2ccc(Cl)cc2)C2=C(C[C@H](c3ccc(F)cc3)CC2=O)N1. The Labute approximate surface area is 155 Å². The average molecular weight is 370 g/mol. The molecule has 4 rings (SSSR count). The van der Waals surface area contributed by atoms with E-state index in [4.69, 9.17) is 11.6 Å². The molecule has 0 saturated carbocycles. The highest BCUT2D eigenvalue weighted by atomic mass is 35.5. The zero-order valence-corrected chi connectivity index (χ0v) is 14.7. The first kappa shape index (κ1) is 17.0. The fourth-order valence-corrected chi connectivity index (χ4v) is 4.04. The van der Waals surface area contributed by atoms with Crippen LogP contribution in [0.5, 0.6) is 0 Å². The maximum absolute atomic E-state index is 13.2. The van der Waals surface area contributed by atoms with Gasteiger partial charge < -0.3 is 5.32 Å². The number of hydrogen-bond donors (Lipinski definition) is 1. The van der Waals surface area contributed by atoms with E-state index in [2.05, 4.69) is 5.32 Å². The Morgan fingerprint density at radius 3 is 2.23 bits per heavy atom. The van der Waals surface area contributed by atoms with Crippen molar-refractivity contribution in [2.45, 2.75) is 31.1 Å². The van der Waals surface area contributed by atoms with Gasteiger partial charge in [0, 0.05) is 35.1 Å². The quantitative estimate of drug-likeness (QED) is 0.848. The van der Waals surface area contributed by atoms with Crippen LogP contribution in [-0.2, 0) is 9.59 Å². The fourth-order valence-electron chi connectivity index (χ4n) is 3.91. The minimum atomic E-state index is -0.301. The van der Waals surface area contributed by atoms with E-state index in [9.17, 15) is 14.0 Å². The van der Waals surface area contributed by atoms with Gasteiger partial charge in [-0.3, -0.25) is 9.59 Å². The summed E-state index contributed by atoms with van der Waals surface area (Å²) in [6, 6.07) is 13.5. The van der Waals surface area contributed by atoms with E-state index in [-0.39, 0.29) is 35.8 Å². The van der Waals surface area contributed by atoms with Crippen LogP contribution < -0.4 is 5.32 Å². The first-order valence-corrected chi connectivity index (χ1v) is 8.96. The Morgan fingerprint density at radius 1 is 0.885 bits per heavy atom. The second-order valence-corrected chi connectivity index (χ2v) is 7.27. The van der Waals surface area contributed by atoms with Gasteiger partial charge in [-0.15, -0.1) is 0 Å². The summed E-state index contributed by atoms with van der Waals surface area (Å²) in [6.45, 7) is 0. The van der Waals surface area contributed by atoms with E-state index in [1.807, 2.05) is 12.1 Å². The highest BCUT2D eigenvalue weighted by molar-refractivity contribution is 6.30. The predicted octanol–water partition coefficient (Wildman–Crippen LogP) is 4.48. The summed E-state index contributed by atoms with van der Waals surface area (Å²) < 4.78 is 13.2. The van der Waals surface area contributed by atoms with Gasteiger partial charge in [0.15, 0.2) is 5.78 Å². The number of ketones is 1. The first-order chi connectivity index (χ1) is 12.5. The van der Waals surface area contributed by atoms with E-state index in [0.29, 0.717) is 29.1 Å². The van der Waals surface area contributed by atoms with Crippen LogP contribution in [0.25, 0.3) is 0 Å². The van der Waals surface area contributed by atoms with Gasteiger partial charge in [0.25, 0.3) is 0 Å². The lowest BCUT2D eigenvalue weighted by atomic mass is 9.73. The average Bonchev–Trinajstić information content (AvgIpc) is 2.62. The number of carbonyl (C=O) groups is 2. The van der Waals surface area contributed by atoms with Gasteiger partial charge in [-0.1, -0.05) is 35.9 Å². The number of rotatable bonds is 2. The minimum absolute atomic E-state index is 0.0422. The van der Waals surface area contributed by atoms with Gasteiger partial charge in [-0.2, -0.15) is 0 Å². The van der Waals surface area contributed by atoms with E-state index in [0.717, 1.165) is 11.1 Å². The molecular weight excluding hydrogens is 353 g/mol. The van der Waals surface area contributed by atoms with Crippen LogP contribution in [0.4, 0.5) is 4.39 Å². The molecule has 1 aliphatic carbocycles. The van der Waals surface area contributed by atoms with Crippen molar-refractivity contribution < 1.29 is 14.0 Å². The van der Waals surface area contributed by atoms with Crippen LogP contribution in [0.1, 0.15) is 42.2 Å². The van der Waals surface area contributed by atoms with Gasteiger partial charge in [0.05, 0.1) is 0 Å². The molecule has 2 atom stereocenters. The summed E-state index contributed by atoms with van der Waals surface area (Å²) in [5, 5.41) is 3.51. The molecule has 0 spiro atoms. The molecule has 1 aliphatic heterocycles. The second kappa shape index (κ2) is 6.69. The fraction of sp³-hybridized carbons (Fsp3) is 0.238. The summed E-state index contributed by atoms with van der Waals surface area (Å²) in [5.74, 6) is -0.634. The van der Waals surface area contributed by atoms with Crippen LogP contribution in [0.2, 0.25) is 5.02 Å². The van der Waals surface area contributed by atoms with Crippen molar-refractivity contribution in [1.82, 2.24) is 5.32 Å². The lowest BCUT2D eigenvalue weighted by Gasteiger charge is -2.34. The van der Waals surface area contributed by atoms with Crippen molar-refractivity contribution in [2.24, 2.45) is 0 Å². The largest absolute Gasteiger partial charge is 0.329 e. The highest BCUT2D eigenvalue weighted by Gasteiger charge is 2.38. The molecular formula is C21H17ClFNO2. The third kappa shape index (κ3) is 3.17. The maximum atomic E-state index is 13.2. The minimum Gasteiger partial charge on any atom is -0.329 e. The van der Waals surface area contributed by atoms with Crippen molar-refractivity contribution in [1.29, 1.82) is 0 Å². The second-order valence-electron chi connectivity index (χ2n) is 6.83. The molecule has 1 amide bonds.